The van der Waals surface area contributed by atoms with Gasteiger partial charge in [-0.05, 0) is 18.8 Å². The van der Waals surface area contributed by atoms with E-state index in [4.69, 9.17) is 0 Å². The Labute approximate surface area is 159 Å². The van der Waals surface area contributed by atoms with E-state index in [0.29, 0.717) is 12.5 Å². The van der Waals surface area contributed by atoms with Gasteiger partial charge in [0, 0.05) is 45.7 Å². The molecule has 1 fully saturated rings. The van der Waals surface area contributed by atoms with Crippen molar-refractivity contribution in [1.29, 1.82) is 0 Å². The van der Waals surface area contributed by atoms with Gasteiger partial charge in [0.15, 0.2) is 0 Å². The third-order valence-corrected chi connectivity index (χ3v) is 7.35. The van der Waals surface area contributed by atoms with Crippen LogP contribution in [-0.4, -0.2) is 52.6 Å². The van der Waals surface area contributed by atoms with Gasteiger partial charge >= 0.3 is 0 Å². The molecule has 1 aliphatic rings. The molecule has 0 N–H and O–H groups in total. The Hall–Kier alpha value is -1.42. The van der Waals surface area contributed by atoms with Crippen LogP contribution in [0.3, 0.4) is 0 Å². The minimum absolute atomic E-state index is 0.290. The summed E-state index contributed by atoms with van der Waals surface area (Å²) in [6.07, 6.45) is 7.60. The topological polar surface area (TPSA) is 79.3 Å². The number of aromatic nitrogens is 3. The van der Waals surface area contributed by atoms with E-state index in [-0.39, 0.29) is 6.04 Å². The molecule has 3 heterocycles. The summed E-state index contributed by atoms with van der Waals surface area (Å²) in [5.41, 5.74) is 1.46. The zero-order valence-electron chi connectivity index (χ0n) is 15.6. The number of rotatable bonds is 6. The highest BCUT2D eigenvalue weighted by Gasteiger charge is 2.38. The van der Waals surface area contributed by atoms with E-state index in [2.05, 4.69) is 28.8 Å². The Morgan fingerprint density at radius 1 is 1.27 bits per heavy atom. The normalized spacial score (nSPS) is 18.9. The van der Waals surface area contributed by atoms with Crippen LogP contribution in [0.1, 0.15) is 43.4 Å². The molecule has 0 unspecified atom stereocenters. The molecule has 0 aliphatic carbocycles. The van der Waals surface area contributed by atoms with E-state index < -0.39 is 10.2 Å². The van der Waals surface area contributed by atoms with Crippen LogP contribution in [0.2, 0.25) is 0 Å². The molecular formula is C17H25N5O2S2. The molecule has 9 heteroatoms. The van der Waals surface area contributed by atoms with E-state index in [9.17, 15) is 8.42 Å². The number of hydrogen-bond donors (Lipinski definition) is 0. The summed E-state index contributed by atoms with van der Waals surface area (Å²) >= 11 is 1.61. The Bertz CT molecular complexity index is 864. The Morgan fingerprint density at radius 2 is 2.00 bits per heavy atom. The summed E-state index contributed by atoms with van der Waals surface area (Å²) in [6, 6.07) is -0.290. The first-order chi connectivity index (χ1) is 12.3. The van der Waals surface area contributed by atoms with E-state index in [0.717, 1.165) is 40.5 Å². The quantitative estimate of drug-likeness (QED) is 0.751. The summed E-state index contributed by atoms with van der Waals surface area (Å²) in [5, 5.41) is 1.07. The lowest BCUT2D eigenvalue weighted by Gasteiger charge is -2.27. The summed E-state index contributed by atoms with van der Waals surface area (Å²) < 4.78 is 28.2. The van der Waals surface area contributed by atoms with E-state index in [1.807, 2.05) is 6.20 Å². The van der Waals surface area contributed by atoms with Crippen LogP contribution >= 0.6 is 11.3 Å². The van der Waals surface area contributed by atoms with Crippen molar-refractivity contribution in [3.63, 3.8) is 0 Å². The highest BCUT2D eigenvalue weighted by molar-refractivity contribution is 7.86. The van der Waals surface area contributed by atoms with E-state index in [1.54, 1.807) is 37.8 Å². The fourth-order valence-corrected chi connectivity index (χ4v) is 5.59. The molecule has 0 aromatic carbocycles. The molecule has 1 saturated heterocycles. The van der Waals surface area contributed by atoms with Gasteiger partial charge in [-0.25, -0.2) is 4.98 Å². The predicted molar refractivity (Wildman–Crippen MR) is 103 cm³/mol. The maximum absolute atomic E-state index is 12.7. The molecule has 0 spiro atoms. The molecule has 26 heavy (non-hydrogen) atoms. The fourth-order valence-electron chi connectivity index (χ4n) is 3.15. The molecule has 1 aliphatic heterocycles. The Kier molecular flexibility index (Phi) is 5.71. The van der Waals surface area contributed by atoms with Crippen molar-refractivity contribution in [2.75, 3.05) is 20.6 Å². The summed E-state index contributed by atoms with van der Waals surface area (Å²) in [4.78, 5) is 14.5. The minimum atomic E-state index is -3.50. The monoisotopic (exact) mass is 395 g/mol. The van der Waals surface area contributed by atoms with Crippen LogP contribution in [0.5, 0.6) is 0 Å². The molecule has 0 bridgehead atoms. The van der Waals surface area contributed by atoms with Gasteiger partial charge < -0.3 is 0 Å². The van der Waals surface area contributed by atoms with Gasteiger partial charge in [-0.3, -0.25) is 9.97 Å². The second-order valence-electron chi connectivity index (χ2n) is 7.07. The molecule has 0 amide bonds. The highest BCUT2D eigenvalue weighted by Crippen LogP contribution is 2.38. The zero-order valence-corrected chi connectivity index (χ0v) is 17.2. The predicted octanol–water partition coefficient (Wildman–Crippen LogP) is 2.74. The Balaban J connectivity index is 1.98. The van der Waals surface area contributed by atoms with Crippen molar-refractivity contribution in [3.8, 4) is 10.6 Å². The van der Waals surface area contributed by atoms with Gasteiger partial charge in [0.1, 0.15) is 5.69 Å². The third-order valence-electron chi connectivity index (χ3n) is 4.37. The van der Waals surface area contributed by atoms with Crippen LogP contribution in [0.4, 0.5) is 0 Å². The number of thiazole rings is 1. The van der Waals surface area contributed by atoms with Crippen molar-refractivity contribution >= 4 is 21.5 Å². The molecule has 1 atom stereocenters. The zero-order chi connectivity index (χ0) is 18.9. The van der Waals surface area contributed by atoms with Gasteiger partial charge in [0.25, 0.3) is 10.2 Å². The van der Waals surface area contributed by atoms with Crippen LogP contribution in [0, 0.1) is 5.92 Å². The first-order valence-electron chi connectivity index (χ1n) is 8.76. The minimum Gasteiger partial charge on any atom is -0.256 e. The van der Waals surface area contributed by atoms with Crippen molar-refractivity contribution < 1.29 is 8.42 Å². The van der Waals surface area contributed by atoms with Crippen LogP contribution < -0.4 is 0 Å². The average molecular weight is 396 g/mol. The molecule has 142 valence electrons. The maximum Gasteiger partial charge on any atom is 0.282 e. The van der Waals surface area contributed by atoms with Crippen LogP contribution in [0.15, 0.2) is 18.6 Å². The lowest BCUT2D eigenvalue weighted by molar-refractivity contribution is 0.358. The van der Waals surface area contributed by atoms with Gasteiger partial charge in [0.05, 0.1) is 21.6 Å². The molecule has 0 radical (unpaired) electrons. The van der Waals surface area contributed by atoms with Crippen molar-refractivity contribution in [1.82, 2.24) is 23.6 Å². The summed E-state index contributed by atoms with van der Waals surface area (Å²) in [6.45, 7) is 4.83. The summed E-state index contributed by atoms with van der Waals surface area (Å²) in [5.74, 6) is 0.533. The third kappa shape index (κ3) is 3.80. The standard InChI is InChI=1S/C17H25N5O2S2/c1-12(2)10-15-20-11-14(25-15)17-16(18-7-8-19-17)13-6-5-9-22(13)26(23,24)21(3)4/h7-8,11-13H,5-6,9-10H2,1-4H3/t13-/m0/s1. The average Bonchev–Trinajstić information content (AvgIpc) is 3.23. The van der Waals surface area contributed by atoms with Crippen LogP contribution in [-0.2, 0) is 16.6 Å². The van der Waals surface area contributed by atoms with Gasteiger partial charge in [-0.15, -0.1) is 11.3 Å². The Morgan fingerprint density at radius 3 is 2.69 bits per heavy atom. The SMILES string of the molecule is CC(C)Cc1ncc(-c2nccnc2[C@@H]2CCCN2S(=O)(=O)N(C)C)s1. The summed E-state index contributed by atoms with van der Waals surface area (Å²) in [7, 11) is -0.379. The van der Waals surface area contributed by atoms with E-state index in [1.165, 1.54) is 8.61 Å². The largest absolute Gasteiger partial charge is 0.282 e. The first kappa shape index (κ1) is 19.3. The maximum atomic E-state index is 12.7. The van der Waals surface area contributed by atoms with Crippen LogP contribution in [0.25, 0.3) is 10.6 Å². The molecule has 2 aromatic heterocycles. The molecule has 2 aromatic rings. The first-order valence-corrected chi connectivity index (χ1v) is 11.0. The second-order valence-corrected chi connectivity index (χ2v) is 10.3. The second kappa shape index (κ2) is 7.67. The lowest BCUT2D eigenvalue weighted by Crippen LogP contribution is -2.39. The fraction of sp³-hybridized carbons (Fsp3) is 0.588. The van der Waals surface area contributed by atoms with Crippen molar-refractivity contribution in [2.45, 2.75) is 39.2 Å². The van der Waals surface area contributed by atoms with E-state index >= 15 is 0 Å². The number of nitrogens with zero attached hydrogens (tertiary/aromatic N) is 5. The smallest absolute Gasteiger partial charge is 0.256 e. The van der Waals surface area contributed by atoms with Gasteiger partial charge in [-0.2, -0.15) is 17.0 Å². The van der Waals surface area contributed by atoms with Crippen molar-refractivity contribution in [3.05, 3.63) is 29.3 Å². The number of hydrogen-bond acceptors (Lipinski definition) is 6. The molecule has 7 nitrogen and oxygen atoms in total. The van der Waals surface area contributed by atoms with Gasteiger partial charge in [0.2, 0.25) is 0 Å². The highest BCUT2D eigenvalue weighted by atomic mass is 32.2. The lowest BCUT2D eigenvalue weighted by atomic mass is 10.1. The van der Waals surface area contributed by atoms with Crippen molar-refractivity contribution in [2.24, 2.45) is 5.92 Å². The molecule has 3 rings (SSSR count). The molecule has 0 saturated carbocycles. The molecular weight excluding hydrogens is 370 g/mol. The van der Waals surface area contributed by atoms with Gasteiger partial charge in [-0.1, -0.05) is 13.8 Å².